The molecular weight excluding hydrogens is 477 g/mol. The molecule has 2 N–H and O–H groups in total. The number of anilines is 1. The molecule has 36 heavy (non-hydrogen) atoms. The van der Waals surface area contributed by atoms with Crippen LogP contribution in [-0.4, -0.2) is 33.5 Å². The van der Waals surface area contributed by atoms with Gasteiger partial charge in [-0.3, -0.25) is 4.79 Å². The van der Waals surface area contributed by atoms with Crippen molar-refractivity contribution in [2.75, 3.05) is 18.0 Å². The van der Waals surface area contributed by atoms with E-state index in [-0.39, 0.29) is 22.9 Å². The number of aryl methyl sites for hydroxylation is 1. The molecule has 1 fully saturated rings. The molecule has 0 radical (unpaired) electrons. The van der Waals surface area contributed by atoms with Crippen LogP contribution in [0.3, 0.4) is 0 Å². The molecule has 0 saturated carbocycles. The Morgan fingerprint density at radius 1 is 0.889 bits per heavy atom. The highest BCUT2D eigenvalue weighted by Crippen LogP contribution is 2.31. The lowest BCUT2D eigenvalue weighted by molar-refractivity contribution is 0.0933. The fraction of sp³-hybridized carbons (Fsp3) is 0.321. The first kappa shape index (κ1) is 24.5. The number of carbonyl (C=O) groups is 1. The van der Waals surface area contributed by atoms with Crippen molar-refractivity contribution in [3.05, 3.63) is 95.3 Å². The number of piperidine rings is 1. The zero-order valence-corrected chi connectivity index (χ0v) is 20.8. The van der Waals surface area contributed by atoms with Crippen LogP contribution in [0.25, 0.3) is 0 Å². The zero-order valence-electron chi connectivity index (χ0n) is 20.0. The van der Waals surface area contributed by atoms with Crippen molar-refractivity contribution in [1.82, 2.24) is 10.0 Å². The number of carbonyl (C=O) groups excluding carboxylic acids is 1. The van der Waals surface area contributed by atoms with Gasteiger partial charge < -0.3 is 10.2 Å². The highest BCUT2D eigenvalue weighted by Gasteiger charge is 2.28. The van der Waals surface area contributed by atoms with Crippen LogP contribution >= 0.6 is 0 Å². The Hall–Kier alpha value is -3.23. The number of sulfonamides is 1. The Bertz CT molecular complexity index is 1340. The number of halogens is 1. The molecule has 1 aliphatic heterocycles. The first-order chi connectivity index (χ1) is 17.4. The summed E-state index contributed by atoms with van der Waals surface area (Å²) in [7, 11) is -3.72. The summed E-state index contributed by atoms with van der Waals surface area (Å²) in [5.74, 6) is -0.566. The van der Waals surface area contributed by atoms with Gasteiger partial charge in [0.25, 0.3) is 5.91 Å². The predicted molar refractivity (Wildman–Crippen MR) is 138 cm³/mol. The Kier molecular flexibility index (Phi) is 7.07. The lowest BCUT2D eigenvalue weighted by Crippen LogP contribution is -2.45. The summed E-state index contributed by atoms with van der Waals surface area (Å²) in [4.78, 5) is 15.6. The second-order valence-electron chi connectivity index (χ2n) is 9.47. The van der Waals surface area contributed by atoms with E-state index in [1.807, 2.05) is 36.4 Å². The third-order valence-electron chi connectivity index (χ3n) is 7.10. The summed E-state index contributed by atoms with van der Waals surface area (Å²) in [6.45, 7) is 1.24. The quantitative estimate of drug-likeness (QED) is 0.512. The first-order valence-corrected chi connectivity index (χ1v) is 13.9. The normalized spacial score (nSPS) is 18.5. The van der Waals surface area contributed by atoms with Crippen molar-refractivity contribution >= 4 is 21.6 Å². The van der Waals surface area contributed by atoms with Crippen molar-refractivity contribution in [2.45, 2.75) is 49.1 Å². The summed E-state index contributed by atoms with van der Waals surface area (Å²) in [5, 5.41) is 3.25. The van der Waals surface area contributed by atoms with Crippen LogP contribution in [0.5, 0.6) is 0 Å². The van der Waals surface area contributed by atoms with E-state index in [1.54, 1.807) is 0 Å². The van der Waals surface area contributed by atoms with Crippen molar-refractivity contribution in [2.24, 2.45) is 0 Å². The van der Waals surface area contributed by atoms with Crippen molar-refractivity contribution in [1.29, 1.82) is 0 Å². The summed E-state index contributed by atoms with van der Waals surface area (Å²) in [6.07, 6.45) is 4.22. The fourth-order valence-electron chi connectivity index (χ4n) is 5.22. The molecule has 0 aromatic heterocycles. The van der Waals surface area contributed by atoms with Crippen LogP contribution in [-0.2, 0) is 16.4 Å². The minimum atomic E-state index is -3.72. The minimum absolute atomic E-state index is 0.00195. The van der Waals surface area contributed by atoms with Gasteiger partial charge in [-0.2, -0.15) is 0 Å². The average molecular weight is 508 g/mol. The Labute approximate surface area is 211 Å². The molecule has 2 aliphatic rings. The van der Waals surface area contributed by atoms with Gasteiger partial charge in [0.05, 0.1) is 16.5 Å². The van der Waals surface area contributed by atoms with E-state index < -0.39 is 15.8 Å². The summed E-state index contributed by atoms with van der Waals surface area (Å²) in [6, 6.07) is 20.5. The topological polar surface area (TPSA) is 78.5 Å². The monoisotopic (exact) mass is 507 g/mol. The van der Waals surface area contributed by atoms with Gasteiger partial charge in [0.15, 0.2) is 0 Å². The molecule has 1 aliphatic carbocycles. The molecule has 1 amide bonds. The molecule has 1 heterocycles. The zero-order chi connectivity index (χ0) is 25.1. The highest BCUT2D eigenvalue weighted by atomic mass is 32.2. The molecule has 5 rings (SSSR count). The molecule has 188 valence electrons. The van der Waals surface area contributed by atoms with Gasteiger partial charge in [0.2, 0.25) is 10.0 Å². The highest BCUT2D eigenvalue weighted by molar-refractivity contribution is 7.89. The van der Waals surface area contributed by atoms with Gasteiger partial charge in [-0.25, -0.2) is 17.5 Å². The van der Waals surface area contributed by atoms with E-state index in [9.17, 15) is 17.6 Å². The second kappa shape index (κ2) is 10.4. The number of amides is 1. The van der Waals surface area contributed by atoms with Gasteiger partial charge in [-0.1, -0.05) is 36.4 Å². The Balaban J connectivity index is 1.25. The van der Waals surface area contributed by atoms with Crippen LogP contribution in [0.4, 0.5) is 10.1 Å². The van der Waals surface area contributed by atoms with E-state index >= 15 is 0 Å². The molecular formula is C28H30FN3O3S. The average Bonchev–Trinajstić information content (AvgIpc) is 2.89. The van der Waals surface area contributed by atoms with Crippen molar-refractivity contribution in [3.63, 3.8) is 0 Å². The molecule has 8 heteroatoms. The number of nitrogens with one attached hydrogen (secondary N) is 2. The number of hydrogen-bond donors (Lipinski definition) is 2. The third kappa shape index (κ3) is 5.29. The van der Waals surface area contributed by atoms with Gasteiger partial charge in [0, 0.05) is 24.8 Å². The summed E-state index contributed by atoms with van der Waals surface area (Å²) >= 11 is 0. The van der Waals surface area contributed by atoms with Crippen molar-refractivity contribution in [3.8, 4) is 0 Å². The summed E-state index contributed by atoms with van der Waals surface area (Å²) in [5.41, 5.74) is 3.99. The maximum atomic E-state index is 13.4. The largest absolute Gasteiger partial charge is 0.371 e. The van der Waals surface area contributed by atoms with Gasteiger partial charge in [0.1, 0.15) is 5.82 Å². The maximum absolute atomic E-state index is 13.4. The van der Waals surface area contributed by atoms with Gasteiger partial charge in [-0.05, 0) is 79.6 Å². The van der Waals surface area contributed by atoms with E-state index in [4.69, 9.17) is 0 Å². The lowest BCUT2D eigenvalue weighted by atomic mass is 9.87. The molecule has 3 aromatic carbocycles. The molecule has 1 atom stereocenters. The molecule has 6 nitrogen and oxygen atoms in total. The molecule has 0 spiro atoms. The molecule has 1 saturated heterocycles. The summed E-state index contributed by atoms with van der Waals surface area (Å²) < 4.78 is 41.3. The number of hydrogen-bond acceptors (Lipinski definition) is 4. The molecule has 3 aromatic rings. The lowest BCUT2D eigenvalue weighted by Gasteiger charge is -2.35. The van der Waals surface area contributed by atoms with Crippen LogP contribution in [0.2, 0.25) is 0 Å². The first-order valence-electron chi connectivity index (χ1n) is 12.4. The number of para-hydroxylation sites is 1. The van der Waals surface area contributed by atoms with Crippen molar-refractivity contribution < 1.29 is 17.6 Å². The molecule has 1 unspecified atom stereocenters. The van der Waals surface area contributed by atoms with Crippen LogP contribution in [0.1, 0.15) is 53.2 Å². The van der Waals surface area contributed by atoms with Gasteiger partial charge in [-0.15, -0.1) is 0 Å². The SMILES string of the molecule is O=C(NC1CCCc2ccccc21)c1ccccc1N1CCC(NS(=O)(=O)c2ccc(F)cc2)CC1. The maximum Gasteiger partial charge on any atom is 0.253 e. The van der Waals surface area contributed by atoms with E-state index in [2.05, 4.69) is 27.1 Å². The second-order valence-corrected chi connectivity index (χ2v) is 11.2. The number of rotatable bonds is 6. The number of nitrogens with zero attached hydrogens (tertiary/aromatic N) is 1. The van der Waals surface area contributed by atoms with Crippen LogP contribution < -0.4 is 14.9 Å². The third-order valence-corrected chi connectivity index (χ3v) is 8.64. The van der Waals surface area contributed by atoms with Crippen LogP contribution in [0.15, 0.2) is 77.7 Å². The van der Waals surface area contributed by atoms with Gasteiger partial charge >= 0.3 is 0 Å². The standard InChI is InChI=1S/C28H30FN3O3S/c29-21-12-14-23(15-13-21)36(34,35)31-22-16-18-32(19-17-22)27-11-4-3-9-25(27)28(33)30-26-10-5-7-20-6-1-2-8-24(20)26/h1-4,6,8-9,11-15,22,26,31H,5,7,10,16-19H2,(H,30,33). The fourth-order valence-corrected chi connectivity index (χ4v) is 6.53. The minimum Gasteiger partial charge on any atom is -0.371 e. The van der Waals surface area contributed by atoms with Crippen LogP contribution in [0, 0.1) is 5.82 Å². The van der Waals surface area contributed by atoms with E-state index in [1.165, 1.54) is 23.3 Å². The molecule has 0 bridgehead atoms. The number of fused-ring (bicyclic) bond motifs is 1. The predicted octanol–water partition coefficient (Wildman–Crippen LogP) is 4.58. The Morgan fingerprint density at radius 3 is 2.36 bits per heavy atom. The van der Waals surface area contributed by atoms with E-state index in [0.717, 1.165) is 37.1 Å². The van der Waals surface area contributed by atoms with E-state index in [0.29, 0.717) is 31.5 Å². The smallest absolute Gasteiger partial charge is 0.253 e. The number of benzene rings is 3. The Morgan fingerprint density at radius 2 is 1.58 bits per heavy atom.